The Labute approximate surface area is 106 Å². The Kier molecular flexibility index (Phi) is 5.29. The predicted octanol–water partition coefficient (Wildman–Crippen LogP) is 1.22. The van der Waals surface area contributed by atoms with Gasteiger partial charge in [-0.3, -0.25) is 0 Å². The number of hydrogen-bond acceptors (Lipinski definition) is 3. The van der Waals surface area contributed by atoms with E-state index in [2.05, 4.69) is 4.72 Å². The summed E-state index contributed by atoms with van der Waals surface area (Å²) in [6.07, 6.45) is 3.56. The van der Waals surface area contributed by atoms with Crippen LogP contribution in [0.25, 0.3) is 6.08 Å². The van der Waals surface area contributed by atoms with Crippen LogP contribution in [-0.4, -0.2) is 26.0 Å². The van der Waals surface area contributed by atoms with Crippen molar-refractivity contribution in [3.8, 4) is 0 Å². The molecule has 0 aromatic heterocycles. The van der Waals surface area contributed by atoms with Gasteiger partial charge in [-0.25, -0.2) is 17.9 Å². The number of hydrogen-bond donors (Lipinski definition) is 2. The quantitative estimate of drug-likeness (QED) is 0.759. The van der Waals surface area contributed by atoms with Crippen molar-refractivity contribution < 1.29 is 18.3 Å². The summed E-state index contributed by atoms with van der Waals surface area (Å²) < 4.78 is 25.2. The Morgan fingerprint density at radius 3 is 2.56 bits per heavy atom. The van der Waals surface area contributed by atoms with Crippen LogP contribution < -0.4 is 4.72 Å². The van der Waals surface area contributed by atoms with Crippen LogP contribution in [0.5, 0.6) is 0 Å². The number of benzene rings is 1. The van der Waals surface area contributed by atoms with Crippen LogP contribution >= 0.6 is 0 Å². The van der Waals surface area contributed by atoms with Crippen molar-refractivity contribution in [2.45, 2.75) is 0 Å². The van der Waals surface area contributed by atoms with Gasteiger partial charge < -0.3 is 5.11 Å². The van der Waals surface area contributed by atoms with Crippen molar-refractivity contribution in [1.29, 1.82) is 0 Å². The van der Waals surface area contributed by atoms with E-state index in [9.17, 15) is 13.2 Å². The lowest BCUT2D eigenvalue weighted by Gasteiger charge is -1.98. The van der Waals surface area contributed by atoms with E-state index in [1.54, 1.807) is 24.3 Å². The third-order valence-electron chi connectivity index (χ3n) is 1.90. The first-order valence-electron chi connectivity index (χ1n) is 5.12. The smallest absolute Gasteiger partial charge is 0.328 e. The van der Waals surface area contributed by atoms with E-state index in [-0.39, 0.29) is 6.54 Å². The summed E-state index contributed by atoms with van der Waals surface area (Å²) in [7, 11) is -3.55. The normalized spacial score (nSPS) is 12.2. The summed E-state index contributed by atoms with van der Waals surface area (Å²) in [5.74, 6) is -1.12. The number of carbonyl (C=O) groups is 1. The average molecular weight is 267 g/mol. The highest BCUT2D eigenvalue weighted by atomic mass is 32.2. The van der Waals surface area contributed by atoms with Crippen molar-refractivity contribution in [3.05, 3.63) is 53.5 Å². The van der Waals surface area contributed by atoms with Gasteiger partial charge in [0.1, 0.15) is 0 Å². The van der Waals surface area contributed by atoms with Gasteiger partial charge >= 0.3 is 5.97 Å². The van der Waals surface area contributed by atoms with E-state index in [0.717, 1.165) is 17.0 Å². The Morgan fingerprint density at radius 1 is 1.28 bits per heavy atom. The molecule has 96 valence electrons. The molecule has 0 atom stereocenters. The van der Waals surface area contributed by atoms with Crippen molar-refractivity contribution in [3.63, 3.8) is 0 Å². The highest BCUT2D eigenvalue weighted by Crippen LogP contribution is 2.02. The lowest BCUT2D eigenvalue weighted by molar-refractivity contribution is -0.131. The first-order valence-corrected chi connectivity index (χ1v) is 6.66. The number of nitrogens with one attached hydrogen (secondary N) is 1. The second kappa shape index (κ2) is 6.73. The maximum Gasteiger partial charge on any atom is 0.328 e. The Balaban J connectivity index is 2.55. The van der Waals surface area contributed by atoms with Crippen molar-refractivity contribution in [2.75, 3.05) is 6.54 Å². The molecule has 5 nitrogen and oxygen atoms in total. The van der Waals surface area contributed by atoms with Crippen LogP contribution in [0.3, 0.4) is 0 Å². The Hall–Kier alpha value is -1.92. The molecule has 0 saturated carbocycles. The molecule has 0 saturated heterocycles. The lowest BCUT2D eigenvalue weighted by atomic mass is 10.2. The van der Waals surface area contributed by atoms with Gasteiger partial charge in [-0.1, -0.05) is 36.4 Å². The second-order valence-corrected chi connectivity index (χ2v) is 5.00. The fourth-order valence-corrected chi connectivity index (χ4v) is 1.87. The molecule has 0 heterocycles. The summed E-state index contributed by atoms with van der Waals surface area (Å²) in [4.78, 5) is 10.2. The van der Waals surface area contributed by atoms with Gasteiger partial charge in [-0.15, -0.1) is 0 Å². The molecule has 0 radical (unpaired) electrons. The number of carboxylic acid groups (broad SMARTS) is 1. The van der Waals surface area contributed by atoms with E-state index >= 15 is 0 Å². The minimum absolute atomic E-state index is 0.0617. The van der Waals surface area contributed by atoms with Gasteiger partial charge in [0.15, 0.2) is 0 Å². The molecule has 0 aliphatic rings. The van der Waals surface area contributed by atoms with Crippen LogP contribution in [0.4, 0.5) is 0 Å². The van der Waals surface area contributed by atoms with Gasteiger partial charge in [0.25, 0.3) is 0 Å². The first kappa shape index (κ1) is 14.1. The molecule has 18 heavy (non-hydrogen) atoms. The van der Waals surface area contributed by atoms with Gasteiger partial charge in [0.05, 0.1) is 0 Å². The molecule has 0 fully saturated rings. The van der Waals surface area contributed by atoms with Crippen LogP contribution in [0.15, 0.2) is 47.9 Å². The minimum atomic E-state index is -3.55. The van der Waals surface area contributed by atoms with E-state index in [1.807, 2.05) is 6.07 Å². The number of rotatable bonds is 6. The van der Waals surface area contributed by atoms with Gasteiger partial charge in [0, 0.05) is 18.0 Å². The average Bonchev–Trinajstić information content (AvgIpc) is 2.34. The highest BCUT2D eigenvalue weighted by Gasteiger charge is 2.02. The SMILES string of the molecule is O=C(O)/C=C/CNS(=O)(=O)/C=C/c1ccccc1. The standard InChI is InChI=1S/C12H13NO4S/c14-12(15)7-4-9-13-18(16,17)10-8-11-5-2-1-3-6-11/h1-8,10,13H,9H2,(H,14,15)/b7-4+,10-8+. The van der Waals surface area contributed by atoms with E-state index in [4.69, 9.17) is 5.11 Å². The third-order valence-corrected chi connectivity index (χ3v) is 2.97. The van der Waals surface area contributed by atoms with Gasteiger partial charge in [-0.2, -0.15) is 0 Å². The largest absolute Gasteiger partial charge is 0.478 e. The van der Waals surface area contributed by atoms with Gasteiger partial charge in [-0.05, 0) is 11.6 Å². The van der Waals surface area contributed by atoms with Crippen molar-refractivity contribution in [2.24, 2.45) is 0 Å². The Bertz CT molecular complexity index is 547. The van der Waals surface area contributed by atoms with E-state index in [0.29, 0.717) is 0 Å². The molecular formula is C12H13NO4S. The summed E-state index contributed by atoms with van der Waals surface area (Å²) in [5.41, 5.74) is 0.768. The molecule has 2 N–H and O–H groups in total. The monoisotopic (exact) mass is 267 g/mol. The topological polar surface area (TPSA) is 83.5 Å². The highest BCUT2D eigenvalue weighted by molar-refractivity contribution is 7.92. The van der Waals surface area contributed by atoms with Crippen LogP contribution in [0, 0.1) is 0 Å². The maximum absolute atomic E-state index is 11.5. The number of aliphatic carboxylic acids is 1. The summed E-state index contributed by atoms with van der Waals surface area (Å²) in [6.45, 7) is -0.0617. The zero-order valence-corrected chi connectivity index (χ0v) is 10.3. The molecule has 1 aromatic rings. The van der Waals surface area contributed by atoms with Crippen molar-refractivity contribution >= 4 is 22.1 Å². The maximum atomic E-state index is 11.5. The zero-order valence-electron chi connectivity index (χ0n) is 9.48. The Morgan fingerprint density at radius 2 is 1.94 bits per heavy atom. The molecule has 0 unspecified atom stereocenters. The minimum Gasteiger partial charge on any atom is -0.478 e. The predicted molar refractivity (Wildman–Crippen MR) is 69.2 cm³/mol. The lowest BCUT2D eigenvalue weighted by Crippen LogP contribution is -2.21. The van der Waals surface area contributed by atoms with Crippen LogP contribution in [0.1, 0.15) is 5.56 Å². The molecule has 0 amide bonds. The van der Waals surface area contributed by atoms with Gasteiger partial charge in [0.2, 0.25) is 10.0 Å². The molecular weight excluding hydrogens is 254 g/mol. The third kappa shape index (κ3) is 5.97. The fourth-order valence-electron chi connectivity index (χ4n) is 1.10. The summed E-state index contributed by atoms with van der Waals surface area (Å²) in [5, 5.41) is 9.36. The van der Waals surface area contributed by atoms with Crippen LogP contribution in [0.2, 0.25) is 0 Å². The summed E-state index contributed by atoms with van der Waals surface area (Å²) >= 11 is 0. The molecule has 0 bridgehead atoms. The molecule has 1 aromatic carbocycles. The van der Waals surface area contributed by atoms with Crippen LogP contribution in [-0.2, 0) is 14.8 Å². The second-order valence-electron chi connectivity index (χ2n) is 3.35. The molecule has 0 aliphatic carbocycles. The zero-order chi connectivity index (χ0) is 13.4. The number of sulfonamides is 1. The number of carboxylic acids is 1. The fraction of sp³-hybridized carbons (Fsp3) is 0.0833. The molecule has 0 spiro atoms. The first-order chi connectivity index (χ1) is 8.49. The molecule has 1 rings (SSSR count). The van der Waals surface area contributed by atoms with Crippen molar-refractivity contribution in [1.82, 2.24) is 4.72 Å². The van der Waals surface area contributed by atoms with E-state index < -0.39 is 16.0 Å². The molecule has 0 aliphatic heterocycles. The molecule has 6 heteroatoms. The van der Waals surface area contributed by atoms with E-state index in [1.165, 1.54) is 12.2 Å². The summed E-state index contributed by atoms with van der Waals surface area (Å²) in [6, 6.07) is 8.98.